The number of aliphatic hydroxyl groups is 1. The number of benzene rings is 5. The van der Waals surface area contributed by atoms with Gasteiger partial charge in [-0.2, -0.15) is 28.2 Å². The predicted molar refractivity (Wildman–Crippen MR) is 288 cm³/mol. The molecule has 6 heterocycles. The maximum Gasteiger partial charge on any atom is 0.417 e. The van der Waals surface area contributed by atoms with Crippen LogP contribution in [-0.4, -0.2) is 122 Å². The Balaban J connectivity index is 0.865. The zero-order chi connectivity index (χ0) is 56.9. The molecule has 81 heavy (non-hydrogen) atoms. The number of aromatic nitrogens is 7. The van der Waals surface area contributed by atoms with E-state index in [4.69, 9.17) is 25.8 Å². The lowest BCUT2D eigenvalue weighted by Crippen LogP contribution is -2.50. The Labute approximate surface area is 464 Å². The van der Waals surface area contributed by atoms with Gasteiger partial charge in [0.05, 0.1) is 53.3 Å². The van der Waals surface area contributed by atoms with Crippen LogP contribution in [0.4, 0.5) is 32.2 Å². The number of likely N-dealkylation sites (tertiary alicyclic amines) is 1. The number of rotatable bonds is 18. The van der Waals surface area contributed by atoms with Crippen LogP contribution in [0, 0.1) is 23.4 Å². The fraction of sp³-hybridized carbons (Fsp3) is 0.351. The maximum atomic E-state index is 15.8. The molecule has 0 radical (unpaired) electrons. The van der Waals surface area contributed by atoms with E-state index in [1.807, 2.05) is 18.7 Å². The summed E-state index contributed by atoms with van der Waals surface area (Å²) in [6.45, 7) is 4.41. The highest BCUT2D eigenvalue weighted by Gasteiger charge is 2.44. The lowest BCUT2D eigenvalue weighted by molar-refractivity contribution is -0.142. The van der Waals surface area contributed by atoms with Crippen molar-refractivity contribution in [1.82, 2.24) is 50.7 Å². The summed E-state index contributed by atoms with van der Waals surface area (Å²) in [5, 5.41) is 31.6. The third-order valence-electron chi connectivity index (χ3n) is 15.2. The summed E-state index contributed by atoms with van der Waals surface area (Å²) >= 11 is 6.67. The molecule has 2 bridgehead atoms. The number of piperazine rings is 1. The average molecular weight is 1140 g/mol. The van der Waals surface area contributed by atoms with Crippen LogP contribution >= 0.6 is 11.6 Å². The van der Waals surface area contributed by atoms with Crippen LogP contribution in [0.1, 0.15) is 61.9 Å². The van der Waals surface area contributed by atoms with Gasteiger partial charge in [-0.15, -0.1) is 5.10 Å². The molecule has 0 aliphatic carbocycles. The second kappa shape index (κ2) is 22.6. The van der Waals surface area contributed by atoms with E-state index in [2.05, 4.69) is 41.1 Å². The lowest BCUT2D eigenvalue weighted by atomic mass is 9.93. The first-order valence-corrected chi connectivity index (χ1v) is 26.7. The van der Waals surface area contributed by atoms with Crippen molar-refractivity contribution in [3.63, 3.8) is 0 Å². The van der Waals surface area contributed by atoms with Crippen molar-refractivity contribution in [1.29, 1.82) is 0 Å². The Kier molecular flexibility index (Phi) is 15.4. The number of carbonyl (C=O) groups is 2. The topological polar surface area (TPSA) is 198 Å². The Morgan fingerprint density at radius 2 is 1.67 bits per heavy atom. The monoisotopic (exact) mass is 1140 g/mol. The average Bonchev–Trinajstić information content (AvgIpc) is 3.80. The van der Waals surface area contributed by atoms with Gasteiger partial charge in [-0.1, -0.05) is 85.3 Å². The molecule has 5 aromatic carbocycles. The number of alkyl halides is 3. The second-order valence-electron chi connectivity index (χ2n) is 20.6. The van der Waals surface area contributed by atoms with Crippen LogP contribution in [0.5, 0.6) is 11.8 Å². The van der Waals surface area contributed by atoms with Crippen molar-refractivity contribution in [2.75, 3.05) is 51.5 Å². The molecule has 11 rings (SSSR count). The largest absolute Gasteiger partial charge is 0.486 e. The molecular formula is C57H54ClF6N11O6. The first-order valence-electron chi connectivity index (χ1n) is 26.3. The number of nitrogens with one attached hydrogen (secondary N) is 3. The van der Waals surface area contributed by atoms with Gasteiger partial charge in [0.25, 0.3) is 0 Å². The molecular weight excluding hydrogens is 1080 g/mol. The van der Waals surface area contributed by atoms with Gasteiger partial charge in [-0.05, 0) is 60.1 Å². The number of methoxy groups -OCH3 is 1. The zero-order valence-electron chi connectivity index (χ0n) is 43.9. The Bertz CT molecular complexity index is 3640. The molecule has 5 unspecified atom stereocenters. The molecule has 0 spiro atoms. The summed E-state index contributed by atoms with van der Waals surface area (Å²) in [5.41, 5.74) is 0.0463. The number of ether oxygens (including phenoxy) is 3. The molecule has 3 aliphatic rings. The minimum absolute atomic E-state index is 0.0226. The first kappa shape index (κ1) is 55.1. The van der Waals surface area contributed by atoms with Crippen molar-refractivity contribution in [3.8, 4) is 45.3 Å². The molecule has 3 aliphatic heterocycles. The van der Waals surface area contributed by atoms with Crippen molar-refractivity contribution < 1.29 is 55.2 Å². The maximum absolute atomic E-state index is 15.8. The highest BCUT2D eigenvalue weighted by atomic mass is 35.5. The number of H-pyrrole nitrogens is 1. The molecule has 8 aromatic rings. The Morgan fingerprint density at radius 1 is 0.914 bits per heavy atom. The Morgan fingerprint density at radius 3 is 2.35 bits per heavy atom. The van der Waals surface area contributed by atoms with Gasteiger partial charge in [-0.3, -0.25) is 14.7 Å². The van der Waals surface area contributed by atoms with E-state index in [-0.39, 0.29) is 106 Å². The number of nitrogens with zero attached hydrogens (tertiary/aromatic N) is 8. The second-order valence-corrected chi connectivity index (χ2v) is 21.0. The van der Waals surface area contributed by atoms with Gasteiger partial charge in [0, 0.05) is 72.4 Å². The van der Waals surface area contributed by atoms with Crippen molar-refractivity contribution >= 4 is 51.0 Å². The minimum Gasteiger partial charge on any atom is -0.486 e. The highest BCUT2D eigenvalue weighted by Crippen LogP contribution is 2.52. The normalized spacial score (nSPS) is 17.9. The smallest absolute Gasteiger partial charge is 0.417 e. The number of carbonyl (C=O) groups excluding carboxylic acids is 2. The van der Waals surface area contributed by atoms with Gasteiger partial charge in [0.2, 0.25) is 11.8 Å². The fourth-order valence-electron chi connectivity index (χ4n) is 11.2. The summed E-state index contributed by atoms with van der Waals surface area (Å²) in [4.78, 5) is 41.2. The first-order chi connectivity index (χ1) is 39.0. The molecule has 2 amide bonds. The van der Waals surface area contributed by atoms with Crippen LogP contribution in [0.15, 0.2) is 91.3 Å². The van der Waals surface area contributed by atoms with Crippen LogP contribution in [-0.2, 0) is 27.1 Å². The number of hydrogen-bond donors (Lipinski definition) is 4. The van der Waals surface area contributed by atoms with E-state index in [9.17, 15) is 23.5 Å². The number of hydrogen-bond acceptors (Lipinski definition) is 13. The van der Waals surface area contributed by atoms with Crippen molar-refractivity contribution in [2.24, 2.45) is 5.92 Å². The van der Waals surface area contributed by atoms with E-state index in [0.717, 1.165) is 30.7 Å². The summed E-state index contributed by atoms with van der Waals surface area (Å²) in [6.07, 6.45) is -0.512. The summed E-state index contributed by atoms with van der Waals surface area (Å²) in [6, 6.07) is 15.8. The van der Waals surface area contributed by atoms with E-state index >= 15 is 17.6 Å². The number of amides is 2. The van der Waals surface area contributed by atoms with Gasteiger partial charge in [0.1, 0.15) is 59.8 Å². The third kappa shape index (κ3) is 10.7. The number of anilines is 1. The molecule has 24 heteroatoms. The standard InChI is InChI=1S/C57H54ClF6N11O6/c1-29(2)51(55(78)73-17-5-8-45(73)54(77)67-44(27-76)32-13-15-33(16-14-32)46-39(59)6-4-7-40(46)60)75-26-43(71-72-75)31-11-9-30(10-12-31)28-81-52-48(47-37-24-66-70-42(37)22-41(61)49(47)58)38(57(62,63)64)21-36-50(52)68-56(80-19-18-79-3)69-53(36)74-25-34-20-35(74)23-65-34/h4,6-7,9-16,21-22,24,26,29,34-35,44-45,51,65,76H,5,8,17-20,23,25,27-28H2,1-3H3,(H,66,70)(H,67,77). The van der Waals surface area contributed by atoms with Crippen LogP contribution in [0.25, 0.3) is 55.3 Å². The third-order valence-corrected chi connectivity index (χ3v) is 15.5. The van der Waals surface area contributed by atoms with Crippen molar-refractivity contribution in [3.05, 3.63) is 130 Å². The summed E-state index contributed by atoms with van der Waals surface area (Å²) < 4.78 is 111. The van der Waals surface area contributed by atoms with Gasteiger partial charge < -0.3 is 39.8 Å². The summed E-state index contributed by atoms with van der Waals surface area (Å²) in [7, 11) is 1.49. The number of halogens is 7. The molecule has 4 N–H and O–H groups in total. The molecule has 5 atom stereocenters. The minimum atomic E-state index is -5.04. The Hall–Kier alpha value is -7.86. The van der Waals surface area contributed by atoms with Crippen LogP contribution in [0.2, 0.25) is 5.02 Å². The van der Waals surface area contributed by atoms with Gasteiger partial charge >= 0.3 is 12.2 Å². The van der Waals surface area contributed by atoms with Crippen LogP contribution < -0.4 is 25.0 Å². The number of aromatic amines is 1. The molecule has 17 nitrogen and oxygen atoms in total. The van der Waals surface area contributed by atoms with Crippen molar-refractivity contribution in [2.45, 2.75) is 76.1 Å². The van der Waals surface area contributed by atoms with Gasteiger partial charge in [-0.25, -0.2) is 17.9 Å². The fourth-order valence-corrected chi connectivity index (χ4v) is 11.5. The SMILES string of the molecule is COCCOc1nc(N2CC3CC2CN3)c2cc(C(F)(F)F)c(-c3c(Cl)c(F)cc4[nH]ncc34)c(OCc3ccc(-c4cn(C(C(=O)N5CCCC5C(=O)NC(CO)c5ccc(-c6c(F)cccc6F)cc5)C(C)C)nn4)cc3)c2n1. The highest BCUT2D eigenvalue weighted by molar-refractivity contribution is 6.35. The number of fused-ring (bicyclic) bond motifs is 4. The predicted octanol–water partition coefficient (Wildman–Crippen LogP) is 9.38. The summed E-state index contributed by atoms with van der Waals surface area (Å²) in [5.74, 6) is -3.77. The van der Waals surface area contributed by atoms with Gasteiger partial charge in [0.15, 0.2) is 5.75 Å². The van der Waals surface area contributed by atoms with Crippen LogP contribution in [0.3, 0.4) is 0 Å². The van der Waals surface area contributed by atoms with E-state index in [0.29, 0.717) is 48.3 Å². The molecule has 422 valence electrons. The zero-order valence-corrected chi connectivity index (χ0v) is 44.7. The van der Waals surface area contributed by atoms with E-state index in [1.54, 1.807) is 42.6 Å². The van der Waals surface area contributed by atoms with E-state index in [1.165, 1.54) is 41.1 Å². The molecule has 3 aromatic heterocycles. The molecule has 3 fully saturated rings. The van der Waals surface area contributed by atoms with E-state index < -0.39 is 70.4 Å². The molecule has 3 saturated heterocycles. The molecule has 0 saturated carbocycles. The lowest BCUT2D eigenvalue weighted by Gasteiger charge is -2.30. The number of aliphatic hydroxyl groups excluding tert-OH is 1. The quantitative estimate of drug-likeness (QED) is 0.0469.